The topological polar surface area (TPSA) is 44.4 Å². The molecule has 2 aliphatic rings. The second-order valence-corrected chi connectivity index (χ2v) is 9.77. The molecule has 0 saturated carbocycles. The molecule has 40 heavy (non-hydrogen) atoms. The van der Waals surface area contributed by atoms with E-state index in [4.69, 9.17) is 0 Å². The van der Waals surface area contributed by atoms with Gasteiger partial charge >= 0.3 is 0 Å². The molecule has 0 spiro atoms. The molecule has 4 heteroatoms. The second-order valence-electron chi connectivity index (χ2n) is 9.77. The van der Waals surface area contributed by atoms with E-state index in [1.54, 1.807) is 12.2 Å². The maximum Gasteiger partial charge on any atom is 0.218 e. The molecular formula is C36H25N2O2+. The summed E-state index contributed by atoms with van der Waals surface area (Å²) in [5.41, 5.74) is 7.31. The molecule has 0 bridgehead atoms. The number of carbonyl (C=O) groups is 1. The highest BCUT2D eigenvalue weighted by Crippen LogP contribution is 2.39. The average molecular weight is 518 g/mol. The van der Waals surface area contributed by atoms with Crippen LogP contribution < -0.4 is 9.47 Å². The zero-order valence-electron chi connectivity index (χ0n) is 21.6. The smallest absolute Gasteiger partial charge is 0.218 e. The van der Waals surface area contributed by atoms with Gasteiger partial charge in [-0.05, 0) is 48.0 Å². The summed E-state index contributed by atoms with van der Waals surface area (Å²) in [6.07, 6.45) is 7.58. The van der Waals surface area contributed by atoms with Gasteiger partial charge in [-0.15, -0.1) is 0 Å². The Labute approximate surface area is 232 Å². The SMILES string of the molecule is O=C1C(/C=C2\C=Cc3ccccc3N2c2ccccc2)=C(O)C/1=C/c1ccc2ccccc2[n+]1-c1ccccc1. The van der Waals surface area contributed by atoms with Crippen molar-refractivity contribution in [3.05, 3.63) is 167 Å². The van der Waals surface area contributed by atoms with E-state index in [2.05, 4.69) is 33.7 Å². The lowest BCUT2D eigenvalue weighted by molar-refractivity contribution is -0.569. The number of pyridine rings is 1. The van der Waals surface area contributed by atoms with Crippen LogP contribution in [0.2, 0.25) is 0 Å². The van der Waals surface area contributed by atoms with Crippen molar-refractivity contribution in [2.45, 2.75) is 0 Å². The van der Waals surface area contributed by atoms with Gasteiger partial charge in [-0.3, -0.25) is 4.79 Å². The summed E-state index contributed by atoms with van der Waals surface area (Å²) >= 11 is 0. The number of Topliss-reactive ketones (excluding diaryl/α,β-unsaturated/α-hetero) is 1. The molecule has 1 aliphatic heterocycles. The summed E-state index contributed by atoms with van der Waals surface area (Å²) in [6, 6.07) is 40.4. The highest BCUT2D eigenvalue weighted by Gasteiger charge is 2.35. The van der Waals surface area contributed by atoms with Crippen molar-refractivity contribution in [3.63, 3.8) is 0 Å². The third kappa shape index (κ3) is 3.94. The Balaban J connectivity index is 1.33. The van der Waals surface area contributed by atoms with Crippen LogP contribution in [0.15, 0.2) is 156 Å². The number of hydrogen-bond donors (Lipinski definition) is 1. The van der Waals surface area contributed by atoms with Gasteiger partial charge in [0, 0.05) is 47.1 Å². The molecule has 0 unspecified atom stereocenters. The lowest BCUT2D eigenvalue weighted by atomic mass is 9.86. The van der Waals surface area contributed by atoms with Crippen LogP contribution in [0.4, 0.5) is 11.4 Å². The van der Waals surface area contributed by atoms with E-state index in [0.29, 0.717) is 11.1 Å². The molecule has 190 valence electrons. The van der Waals surface area contributed by atoms with Gasteiger partial charge in [-0.2, -0.15) is 4.57 Å². The summed E-state index contributed by atoms with van der Waals surface area (Å²) < 4.78 is 2.11. The van der Waals surface area contributed by atoms with E-state index >= 15 is 0 Å². The minimum atomic E-state index is -0.182. The van der Waals surface area contributed by atoms with Crippen LogP contribution in [-0.2, 0) is 4.79 Å². The Morgan fingerprint density at radius 3 is 2.17 bits per heavy atom. The fraction of sp³-hybridized carbons (Fsp3) is 0. The van der Waals surface area contributed by atoms with Crippen molar-refractivity contribution in [2.24, 2.45) is 0 Å². The van der Waals surface area contributed by atoms with Crippen molar-refractivity contribution in [3.8, 4) is 5.69 Å². The molecule has 0 atom stereocenters. The number of para-hydroxylation sites is 4. The number of aliphatic hydroxyl groups excluding tert-OH is 1. The van der Waals surface area contributed by atoms with Gasteiger partial charge in [-0.25, -0.2) is 0 Å². The predicted molar refractivity (Wildman–Crippen MR) is 160 cm³/mol. The molecule has 4 nitrogen and oxygen atoms in total. The highest BCUT2D eigenvalue weighted by atomic mass is 16.3. The van der Waals surface area contributed by atoms with E-state index in [-0.39, 0.29) is 11.5 Å². The van der Waals surface area contributed by atoms with Crippen molar-refractivity contribution in [1.29, 1.82) is 0 Å². The van der Waals surface area contributed by atoms with Gasteiger partial charge in [0.25, 0.3) is 0 Å². The maximum atomic E-state index is 13.5. The molecule has 1 N–H and O–H groups in total. The number of aromatic nitrogens is 1. The number of ketones is 1. The Morgan fingerprint density at radius 2 is 1.38 bits per heavy atom. The first-order chi connectivity index (χ1) is 19.7. The minimum absolute atomic E-state index is 0.00513. The zero-order chi connectivity index (χ0) is 27.1. The van der Waals surface area contributed by atoms with Gasteiger partial charge in [0.15, 0.2) is 0 Å². The van der Waals surface area contributed by atoms with Gasteiger partial charge in [0.1, 0.15) is 5.76 Å². The molecule has 1 aromatic heterocycles. The van der Waals surface area contributed by atoms with Crippen molar-refractivity contribution >= 4 is 40.2 Å². The zero-order valence-corrected chi connectivity index (χ0v) is 21.6. The standard InChI is InChI=1S/C36H24N2O2/c39-35-31(23-29-21-19-25-11-7-9-17-33(25)37(29)27-13-3-1-4-14-27)36(40)32(35)24-30-22-20-26-12-8-10-18-34(26)38(30)28-15-5-2-6-16-28/h1-24H/p+1. The predicted octanol–water partition coefficient (Wildman–Crippen LogP) is 7.64. The molecule has 0 amide bonds. The summed E-state index contributed by atoms with van der Waals surface area (Å²) in [5, 5.41) is 12.2. The molecule has 1 aliphatic carbocycles. The van der Waals surface area contributed by atoms with E-state index < -0.39 is 0 Å². The fourth-order valence-electron chi connectivity index (χ4n) is 5.40. The van der Waals surface area contributed by atoms with Crippen molar-refractivity contribution in [1.82, 2.24) is 0 Å². The quantitative estimate of drug-likeness (QED) is 0.197. The van der Waals surface area contributed by atoms with Gasteiger partial charge in [0.2, 0.25) is 22.7 Å². The molecule has 0 saturated heterocycles. The molecule has 5 aromatic rings. The number of rotatable bonds is 4. The lowest BCUT2D eigenvalue weighted by Crippen LogP contribution is -2.35. The number of nitrogens with zero attached hydrogens (tertiary/aromatic N) is 2. The van der Waals surface area contributed by atoms with Crippen LogP contribution in [0.25, 0.3) is 28.7 Å². The summed E-state index contributed by atoms with van der Waals surface area (Å²) in [4.78, 5) is 15.6. The first kappa shape index (κ1) is 23.6. The molecule has 0 fully saturated rings. The second kappa shape index (κ2) is 9.68. The van der Waals surface area contributed by atoms with Gasteiger partial charge in [-0.1, -0.05) is 72.8 Å². The highest BCUT2D eigenvalue weighted by molar-refractivity contribution is 6.23. The molecular weight excluding hydrogens is 492 g/mol. The van der Waals surface area contributed by atoms with Gasteiger partial charge in [0.05, 0.1) is 16.8 Å². The first-order valence-corrected chi connectivity index (χ1v) is 13.2. The fourth-order valence-corrected chi connectivity index (χ4v) is 5.40. The minimum Gasteiger partial charge on any atom is -0.506 e. The van der Waals surface area contributed by atoms with Crippen LogP contribution in [0.5, 0.6) is 0 Å². The molecule has 0 radical (unpaired) electrons. The monoisotopic (exact) mass is 517 g/mol. The number of benzene rings is 4. The van der Waals surface area contributed by atoms with E-state index in [9.17, 15) is 9.90 Å². The Kier molecular flexibility index (Phi) is 5.72. The Hall–Kier alpha value is -5.48. The number of carbonyl (C=O) groups excluding carboxylic acids is 1. The normalized spacial score (nSPS) is 16.5. The molecule has 7 rings (SSSR count). The lowest BCUT2D eigenvalue weighted by Gasteiger charge is -2.31. The van der Waals surface area contributed by atoms with E-state index in [1.807, 2.05) is 109 Å². The van der Waals surface area contributed by atoms with Crippen LogP contribution in [-0.4, -0.2) is 10.9 Å². The number of anilines is 2. The third-order valence-corrected chi connectivity index (χ3v) is 7.35. The number of hydrogen-bond acceptors (Lipinski definition) is 3. The number of allylic oxidation sites excluding steroid dienone is 4. The average Bonchev–Trinajstić information content (AvgIpc) is 3.02. The summed E-state index contributed by atoms with van der Waals surface area (Å²) in [5.74, 6) is -0.177. The van der Waals surface area contributed by atoms with Gasteiger partial charge < -0.3 is 10.0 Å². The maximum absolute atomic E-state index is 13.5. The van der Waals surface area contributed by atoms with Crippen molar-refractivity contribution < 1.29 is 14.5 Å². The Morgan fingerprint density at radius 1 is 0.675 bits per heavy atom. The molecule has 4 aromatic carbocycles. The van der Waals surface area contributed by atoms with Crippen LogP contribution in [0.3, 0.4) is 0 Å². The first-order valence-electron chi connectivity index (χ1n) is 13.2. The van der Waals surface area contributed by atoms with Crippen LogP contribution >= 0.6 is 0 Å². The summed E-state index contributed by atoms with van der Waals surface area (Å²) in [6.45, 7) is 0. The number of aliphatic hydroxyl groups is 1. The third-order valence-electron chi connectivity index (χ3n) is 7.35. The number of fused-ring (bicyclic) bond motifs is 2. The van der Waals surface area contributed by atoms with Crippen molar-refractivity contribution in [2.75, 3.05) is 4.90 Å². The largest absolute Gasteiger partial charge is 0.506 e. The summed E-state index contributed by atoms with van der Waals surface area (Å²) in [7, 11) is 0. The molecule has 2 heterocycles. The van der Waals surface area contributed by atoms with Crippen LogP contribution in [0.1, 0.15) is 11.3 Å². The van der Waals surface area contributed by atoms with E-state index in [0.717, 1.165) is 44.9 Å². The van der Waals surface area contributed by atoms with Crippen LogP contribution in [0, 0.1) is 0 Å². The van der Waals surface area contributed by atoms with E-state index in [1.165, 1.54) is 0 Å². The Bertz CT molecular complexity index is 1920.